The Morgan fingerprint density at radius 3 is 2.80 bits per heavy atom. The molecule has 0 spiro atoms. The number of aryl methyl sites for hydroxylation is 1. The van der Waals surface area contributed by atoms with E-state index in [0.717, 1.165) is 4.47 Å². The van der Waals surface area contributed by atoms with Crippen LogP contribution in [0.3, 0.4) is 0 Å². The van der Waals surface area contributed by atoms with Crippen LogP contribution in [0.4, 0.5) is 5.69 Å². The number of anilines is 1. The monoisotopic (exact) mass is 485 g/mol. The van der Waals surface area contributed by atoms with Crippen molar-refractivity contribution in [2.75, 3.05) is 5.32 Å². The van der Waals surface area contributed by atoms with Gasteiger partial charge in [-0.1, -0.05) is 22.0 Å². The van der Waals surface area contributed by atoms with Crippen LogP contribution in [0, 0.1) is 0 Å². The quantitative estimate of drug-likeness (QED) is 0.447. The highest BCUT2D eigenvalue weighted by Gasteiger charge is 2.20. The number of nitrogens with zero attached hydrogens (tertiary/aromatic N) is 5. The summed E-state index contributed by atoms with van der Waals surface area (Å²) >= 11 is 4.59. The van der Waals surface area contributed by atoms with Crippen LogP contribution >= 0.6 is 27.3 Å². The van der Waals surface area contributed by atoms with E-state index in [9.17, 15) is 9.59 Å². The molecule has 3 aromatic heterocycles. The van der Waals surface area contributed by atoms with Gasteiger partial charge in [-0.3, -0.25) is 14.3 Å². The molecule has 0 aliphatic heterocycles. The first kappa shape index (κ1) is 20.1. The van der Waals surface area contributed by atoms with Crippen LogP contribution < -0.4 is 10.6 Å². The second kappa shape index (κ2) is 8.28. The SMILES string of the molecule is CC(NC(=O)c1ncnc2c1cnn2C)c1ncc(C(=O)Nc2cccc(Br)c2)s1. The summed E-state index contributed by atoms with van der Waals surface area (Å²) in [4.78, 5) is 38.2. The number of rotatable bonds is 5. The Morgan fingerprint density at radius 2 is 2.00 bits per heavy atom. The van der Waals surface area contributed by atoms with Gasteiger partial charge in [0.05, 0.1) is 23.8 Å². The van der Waals surface area contributed by atoms with E-state index in [0.29, 0.717) is 26.6 Å². The first-order chi connectivity index (χ1) is 14.4. The normalized spacial score (nSPS) is 12.0. The van der Waals surface area contributed by atoms with Gasteiger partial charge < -0.3 is 10.6 Å². The van der Waals surface area contributed by atoms with Crippen LogP contribution in [0.15, 0.2) is 47.5 Å². The van der Waals surface area contributed by atoms with E-state index in [4.69, 9.17) is 0 Å². The fourth-order valence-electron chi connectivity index (χ4n) is 2.82. The molecule has 1 aromatic carbocycles. The highest BCUT2D eigenvalue weighted by atomic mass is 79.9. The van der Waals surface area contributed by atoms with Crippen LogP contribution in [0.5, 0.6) is 0 Å². The zero-order valence-corrected chi connectivity index (χ0v) is 18.4. The number of hydrogen-bond acceptors (Lipinski definition) is 7. The molecule has 4 rings (SSSR count). The second-order valence-corrected chi connectivity index (χ2v) is 8.43. The van der Waals surface area contributed by atoms with Crippen molar-refractivity contribution in [3.8, 4) is 0 Å². The van der Waals surface area contributed by atoms with Crippen molar-refractivity contribution < 1.29 is 9.59 Å². The smallest absolute Gasteiger partial charge is 0.271 e. The van der Waals surface area contributed by atoms with E-state index in [2.05, 4.69) is 46.6 Å². The van der Waals surface area contributed by atoms with Gasteiger partial charge >= 0.3 is 0 Å². The standard InChI is InChI=1S/C19H16BrN7O2S/c1-10(25-18(29)15-13-7-24-27(2)16(13)23-9-22-15)19-21-8-14(30-19)17(28)26-12-5-3-4-11(20)6-12/h3-10H,1-2H3,(H,25,29)(H,26,28). The molecule has 30 heavy (non-hydrogen) atoms. The van der Waals surface area contributed by atoms with Gasteiger partial charge in [0.15, 0.2) is 5.65 Å². The number of hydrogen-bond donors (Lipinski definition) is 2. The minimum Gasteiger partial charge on any atom is -0.342 e. The lowest BCUT2D eigenvalue weighted by atomic mass is 10.2. The molecule has 11 heteroatoms. The number of amides is 2. The first-order valence-corrected chi connectivity index (χ1v) is 10.5. The maximum Gasteiger partial charge on any atom is 0.271 e. The van der Waals surface area contributed by atoms with Gasteiger partial charge in [-0.05, 0) is 25.1 Å². The van der Waals surface area contributed by atoms with Crippen molar-refractivity contribution in [2.45, 2.75) is 13.0 Å². The molecular weight excluding hydrogens is 470 g/mol. The summed E-state index contributed by atoms with van der Waals surface area (Å²) in [7, 11) is 1.75. The summed E-state index contributed by atoms with van der Waals surface area (Å²) in [6.07, 6.45) is 4.39. The lowest BCUT2D eigenvalue weighted by molar-refractivity contribution is 0.0936. The molecule has 1 unspecified atom stereocenters. The van der Waals surface area contributed by atoms with E-state index in [1.165, 1.54) is 23.9 Å². The Balaban J connectivity index is 1.46. The molecule has 152 valence electrons. The Morgan fingerprint density at radius 1 is 1.17 bits per heavy atom. The Bertz CT molecular complexity index is 1250. The average molecular weight is 486 g/mol. The molecule has 0 bridgehead atoms. The van der Waals surface area contributed by atoms with Crippen LogP contribution in [0.25, 0.3) is 11.0 Å². The van der Waals surface area contributed by atoms with Crippen molar-refractivity contribution in [3.63, 3.8) is 0 Å². The Kier molecular flexibility index (Phi) is 5.55. The van der Waals surface area contributed by atoms with E-state index in [1.807, 2.05) is 18.2 Å². The largest absolute Gasteiger partial charge is 0.342 e. The lowest BCUT2D eigenvalue weighted by Gasteiger charge is -2.11. The molecule has 0 aliphatic carbocycles. The van der Waals surface area contributed by atoms with Crippen molar-refractivity contribution in [2.24, 2.45) is 7.05 Å². The molecule has 0 saturated carbocycles. The van der Waals surface area contributed by atoms with Gasteiger partial charge in [0.2, 0.25) is 0 Å². The second-order valence-electron chi connectivity index (χ2n) is 6.45. The van der Waals surface area contributed by atoms with Crippen LogP contribution in [0.1, 0.15) is 38.1 Å². The minimum absolute atomic E-state index is 0.240. The Labute approximate surface area is 183 Å². The summed E-state index contributed by atoms with van der Waals surface area (Å²) in [5, 5.41) is 11.0. The molecule has 1 atom stereocenters. The number of thiazole rings is 1. The molecule has 0 radical (unpaired) electrons. The van der Waals surface area contributed by atoms with Gasteiger partial charge in [0.25, 0.3) is 11.8 Å². The molecule has 0 aliphatic rings. The zero-order chi connectivity index (χ0) is 21.3. The third kappa shape index (κ3) is 4.07. The molecular formula is C19H16BrN7O2S. The third-order valence-electron chi connectivity index (χ3n) is 4.29. The summed E-state index contributed by atoms with van der Waals surface area (Å²) in [5.74, 6) is -0.624. The van der Waals surface area contributed by atoms with Crippen molar-refractivity contribution in [1.82, 2.24) is 30.0 Å². The number of fused-ring (bicyclic) bond motifs is 1. The van der Waals surface area contributed by atoms with Crippen molar-refractivity contribution >= 4 is 55.8 Å². The number of halogens is 1. The molecule has 9 nitrogen and oxygen atoms in total. The maximum absolute atomic E-state index is 12.7. The van der Waals surface area contributed by atoms with E-state index in [-0.39, 0.29) is 17.5 Å². The molecule has 4 aromatic rings. The molecule has 2 amide bonds. The van der Waals surface area contributed by atoms with Gasteiger partial charge in [-0.2, -0.15) is 5.10 Å². The molecule has 0 fully saturated rings. The summed E-state index contributed by atoms with van der Waals surface area (Å²) in [5.41, 5.74) is 1.49. The fourth-order valence-corrected chi connectivity index (χ4v) is 4.04. The number of aromatic nitrogens is 5. The summed E-state index contributed by atoms with van der Waals surface area (Å²) < 4.78 is 2.45. The van der Waals surface area contributed by atoms with Gasteiger partial charge in [-0.15, -0.1) is 11.3 Å². The van der Waals surface area contributed by atoms with Crippen molar-refractivity contribution in [1.29, 1.82) is 0 Å². The third-order valence-corrected chi connectivity index (χ3v) is 5.96. The first-order valence-electron chi connectivity index (χ1n) is 8.88. The van der Waals surface area contributed by atoms with E-state index in [1.54, 1.807) is 30.9 Å². The lowest BCUT2D eigenvalue weighted by Crippen LogP contribution is -2.27. The van der Waals surface area contributed by atoms with Crippen LogP contribution in [-0.4, -0.2) is 36.5 Å². The zero-order valence-electron chi connectivity index (χ0n) is 16.0. The summed E-state index contributed by atoms with van der Waals surface area (Å²) in [6, 6.07) is 6.91. The Hall–Kier alpha value is -3.18. The van der Waals surface area contributed by atoms with Crippen LogP contribution in [-0.2, 0) is 7.05 Å². The van der Waals surface area contributed by atoms with E-state index >= 15 is 0 Å². The van der Waals surface area contributed by atoms with E-state index < -0.39 is 6.04 Å². The van der Waals surface area contributed by atoms with Gasteiger partial charge in [0.1, 0.15) is 21.9 Å². The van der Waals surface area contributed by atoms with Gasteiger partial charge in [-0.25, -0.2) is 15.0 Å². The molecule has 0 saturated heterocycles. The average Bonchev–Trinajstić information content (AvgIpc) is 3.35. The van der Waals surface area contributed by atoms with Crippen molar-refractivity contribution in [3.05, 3.63) is 63.0 Å². The number of carbonyl (C=O) groups excluding carboxylic acids is 2. The summed E-state index contributed by atoms with van der Waals surface area (Å²) in [6.45, 7) is 1.80. The highest BCUT2D eigenvalue weighted by molar-refractivity contribution is 9.10. The fraction of sp³-hybridized carbons (Fsp3) is 0.158. The predicted molar refractivity (Wildman–Crippen MR) is 116 cm³/mol. The highest BCUT2D eigenvalue weighted by Crippen LogP contribution is 2.23. The van der Waals surface area contributed by atoms with Crippen LogP contribution in [0.2, 0.25) is 0 Å². The predicted octanol–water partition coefficient (Wildman–Crippen LogP) is 3.33. The van der Waals surface area contributed by atoms with Gasteiger partial charge in [0, 0.05) is 17.2 Å². The number of carbonyl (C=O) groups is 2. The number of benzene rings is 1. The maximum atomic E-state index is 12.7. The molecule has 3 heterocycles. The molecule has 2 N–H and O–H groups in total. The number of nitrogens with one attached hydrogen (secondary N) is 2. The minimum atomic E-state index is -0.406. The topological polar surface area (TPSA) is 115 Å².